The molecule has 1 aliphatic carbocycles. The van der Waals surface area contributed by atoms with Gasteiger partial charge in [0.1, 0.15) is 17.8 Å². The molecule has 0 atom stereocenters. The number of amides is 2. The number of imide groups is 1. The fourth-order valence-electron chi connectivity index (χ4n) is 3.46. The number of carbonyl (C=O) groups is 2. The van der Waals surface area contributed by atoms with E-state index >= 15 is 0 Å². The molecule has 1 saturated carbocycles. The van der Waals surface area contributed by atoms with Crippen LogP contribution >= 0.6 is 27.5 Å². The number of halogens is 2. The van der Waals surface area contributed by atoms with Crippen molar-refractivity contribution in [2.24, 2.45) is 0 Å². The van der Waals surface area contributed by atoms with Crippen LogP contribution in [0.15, 0.2) is 29.0 Å². The second kappa shape index (κ2) is 10.1. The van der Waals surface area contributed by atoms with Gasteiger partial charge in [0.15, 0.2) is 16.5 Å². The van der Waals surface area contributed by atoms with E-state index < -0.39 is 23.4 Å². The molecule has 4 rings (SSSR count). The molecule has 3 aromatic rings. The lowest BCUT2D eigenvalue weighted by atomic mass is 10.2. The molecule has 2 amide bonds. The van der Waals surface area contributed by atoms with Crippen LogP contribution in [0, 0.1) is 0 Å². The Hall–Kier alpha value is -2.92. The Morgan fingerprint density at radius 2 is 1.68 bits per heavy atom. The topological polar surface area (TPSA) is 108 Å². The third kappa shape index (κ3) is 6.89. The smallest absolute Gasteiger partial charge is 0.425 e. The van der Waals surface area contributed by atoms with Gasteiger partial charge in [-0.2, -0.15) is 4.90 Å². The summed E-state index contributed by atoms with van der Waals surface area (Å²) in [6.07, 6.45) is 4.32. The van der Waals surface area contributed by atoms with E-state index in [9.17, 15) is 9.59 Å². The SMILES string of the molecule is CC(C)(C)OC(=O)N(C(=O)OC(C)(C)C)c1nnc(Cl)cc1OCc1cn2cc(C3CC3)cc(Br)c2n1. The lowest BCUT2D eigenvalue weighted by Crippen LogP contribution is -2.44. The van der Waals surface area contributed by atoms with Crippen molar-refractivity contribution in [1.82, 2.24) is 19.6 Å². The van der Waals surface area contributed by atoms with Crippen LogP contribution in [0.1, 0.15) is 71.6 Å². The van der Waals surface area contributed by atoms with E-state index in [1.54, 1.807) is 41.5 Å². The first-order valence-corrected chi connectivity index (χ1v) is 13.0. The van der Waals surface area contributed by atoms with E-state index in [4.69, 9.17) is 25.8 Å². The molecule has 3 heterocycles. The highest BCUT2D eigenvalue weighted by Crippen LogP contribution is 2.41. The number of nitrogens with zero attached hydrogens (tertiary/aromatic N) is 5. The number of anilines is 1. The predicted molar refractivity (Wildman–Crippen MR) is 141 cm³/mol. The number of aromatic nitrogens is 4. The number of pyridine rings is 1. The highest BCUT2D eigenvalue weighted by molar-refractivity contribution is 9.10. The van der Waals surface area contributed by atoms with Gasteiger partial charge in [-0.3, -0.25) is 0 Å². The van der Waals surface area contributed by atoms with Gasteiger partial charge in [-0.15, -0.1) is 10.2 Å². The summed E-state index contributed by atoms with van der Waals surface area (Å²) in [7, 11) is 0. The van der Waals surface area contributed by atoms with Crippen LogP contribution in [0.4, 0.5) is 15.4 Å². The standard InChI is InChI=1S/C25H29BrClN5O5/c1-24(2,3)36-22(33)32(23(34)37-25(4,5)6)21-18(10-19(27)29-30-21)35-13-16-12-31-11-15(14-7-8-14)9-17(26)20(31)28-16/h9-12,14H,7-8,13H2,1-6H3. The molecule has 12 heteroatoms. The molecule has 0 unspecified atom stereocenters. The highest BCUT2D eigenvalue weighted by Gasteiger charge is 2.36. The monoisotopic (exact) mass is 593 g/mol. The van der Waals surface area contributed by atoms with E-state index in [2.05, 4.69) is 43.4 Å². The molecule has 0 aromatic carbocycles. The summed E-state index contributed by atoms with van der Waals surface area (Å²) in [5.74, 6) is 0.405. The number of ether oxygens (including phenoxy) is 3. The van der Waals surface area contributed by atoms with Crippen molar-refractivity contribution < 1.29 is 23.8 Å². The summed E-state index contributed by atoms with van der Waals surface area (Å²) in [4.78, 5) is 31.4. The summed E-state index contributed by atoms with van der Waals surface area (Å²) in [6.45, 7) is 10.1. The van der Waals surface area contributed by atoms with E-state index in [-0.39, 0.29) is 23.3 Å². The first-order valence-electron chi connectivity index (χ1n) is 11.8. The van der Waals surface area contributed by atoms with Crippen molar-refractivity contribution in [2.75, 3.05) is 4.90 Å². The largest absolute Gasteiger partial charge is 0.483 e. The van der Waals surface area contributed by atoms with Crippen LogP contribution in [-0.2, 0) is 16.1 Å². The molecule has 3 aromatic heterocycles. The maximum Gasteiger partial charge on any atom is 0.425 e. The zero-order valence-corrected chi connectivity index (χ0v) is 23.9. The zero-order valence-electron chi connectivity index (χ0n) is 21.5. The van der Waals surface area contributed by atoms with Crippen molar-refractivity contribution >= 4 is 51.2 Å². The third-order valence-electron chi connectivity index (χ3n) is 5.08. The first kappa shape index (κ1) is 27.1. The minimum absolute atomic E-state index is 0.0123. The van der Waals surface area contributed by atoms with Crippen LogP contribution in [0.25, 0.3) is 5.65 Å². The Balaban J connectivity index is 1.64. The zero-order chi connectivity index (χ0) is 27.1. The fourth-order valence-corrected chi connectivity index (χ4v) is 4.15. The van der Waals surface area contributed by atoms with Crippen molar-refractivity contribution in [1.29, 1.82) is 0 Å². The second-order valence-electron chi connectivity index (χ2n) is 10.8. The van der Waals surface area contributed by atoms with Crippen molar-refractivity contribution in [2.45, 2.75) is 78.1 Å². The number of hydrogen-bond donors (Lipinski definition) is 0. The molecular weight excluding hydrogens is 566 g/mol. The van der Waals surface area contributed by atoms with Crippen LogP contribution in [-0.4, -0.2) is 43.0 Å². The van der Waals surface area contributed by atoms with Gasteiger partial charge < -0.3 is 18.6 Å². The lowest BCUT2D eigenvalue weighted by Gasteiger charge is -2.28. The molecule has 37 heavy (non-hydrogen) atoms. The van der Waals surface area contributed by atoms with Gasteiger partial charge in [-0.1, -0.05) is 11.6 Å². The molecule has 198 valence electrons. The van der Waals surface area contributed by atoms with Gasteiger partial charge in [0.2, 0.25) is 5.82 Å². The van der Waals surface area contributed by atoms with E-state index in [0.717, 1.165) is 10.1 Å². The minimum atomic E-state index is -0.993. The molecule has 0 saturated heterocycles. The van der Waals surface area contributed by atoms with Gasteiger partial charge >= 0.3 is 12.2 Å². The number of rotatable bonds is 5. The minimum Gasteiger partial charge on any atom is -0.483 e. The van der Waals surface area contributed by atoms with E-state index in [1.807, 2.05) is 10.6 Å². The van der Waals surface area contributed by atoms with Crippen molar-refractivity contribution in [3.8, 4) is 5.75 Å². The molecule has 10 nitrogen and oxygen atoms in total. The third-order valence-corrected chi connectivity index (χ3v) is 5.84. The number of fused-ring (bicyclic) bond motifs is 1. The Morgan fingerprint density at radius 1 is 1.05 bits per heavy atom. The van der Waals surface area contributed by atoms with Crippen LogP contribution in [0.2, 0.25) is 5.15 Å². The average molecular weight is 595 g/mol. The summed E-state index contributed by atoms with van der Waals surface area (Å²) in [5, 5.41) is 7.79. The van der Waals surface area contributed by atoms with Crippen molar-refractivity contribution in [3.63, 3.8) is 0 Å². The van der Waals surface area contributed by atoms with Gasteiger partial charge in [-0.05, 0) is 87.9 Å². The Kier molecular flexibility index (Phi) is 7.40. The van der Waals surface area contributed by atoms with Crippen LogP contribution in [0.3, 0.4) is 0 Å². The summed E-state index contributed by atoms with van der Waals surface area (Å²) < 4.78 is 19.7. The summed E-state index contributed by atoms with van der Waals surface area (Å²) in [5.41, 5.74) is 0.844. The van der Waals surface area contributed by atoms with Crippen LogP contribution < -0.4 is 9.64 Å². The number of imidazole rings is 1. The van der Waals surface area contributed by atoms with Gasteiger partial charge in [0.05, 0.1) is 10.2 Å². The number of hydrogen-bond acceptors (Lipinski definition) is 8. The Morgan fingerprint density at radius 3 is 2.24 bits per heavy atom. The summed E-state index contributed by atoms with van der Waals surface area (Å²) >= 11 is 9.69. The quantitative estimate of drug-likeness (QED) is 0.322. The highest BCUT2D eigenvalue weighted by atomic mass is 79.9. The average Bonchev–Trinajstić information content (AvgIpc) is 3.51. The van der Waals surface area contributed by atoms with E-state index in [1.165, 1.54) is 24.5 Å². The molecule has 0 N–H and O–H groups in total. The Bertz CT molecular complexity index is 1320. The molecule has 0 aliphatic heterocycles. The predicted octanol–water partition coefficient (Wildman–Crippen LogP) is 6.67. The second-order valence-corrected chi connectivity index (χ2v) is 12.0. The van der Waals surface area contributed by atoms with Crippen LogP contribution in [0.5, 0.6) is 5.75 Å². The maximum atomic E-state index is 13.1. The van der Waals surface area contributed by atoms with Gasteiger partial charge in [0, 0.05) is 18.5 Å². The molecule has 0 radical (unpaired) electrons. The molecule has 1 fully saturated rings. The lowest BCUT2D eigenvalue weighted by molar-refractivity contribution is 0.0426. The van der Waals surface area contributed by atoms with Gasteiger partial charge in [-0.25, -0.2) is 14.6 Å². The molecule has 1 aliphatic rings. The first-order chi connectivity index (χ1) is 17.2. The number of carbonyl (C=O) groups excluding carboxylic acids is 2. The van der Waals surface area contributed by atoms with Crippen molar-refractivity contribution in [3.05, 3.63) is 45.4 Å². The molecule has 0 spiro atoms. The maximum absolute atomic E-state index is 13.1. The normalized spacial score (nSPS) is 13.9. The molecular formula is C25H29BrClN5O5. The fraction of sp³-hybridized carbons (Fsp3) is 0.480. The summed E-state index contributed by atoms with van der Waals surface area (Å²) in [6, 6.07) is 3.46. The Labute approximate surface area is 228 Å². The van der Waals surface area contributed by atoms with E-state index in [0.29, 0.717) is 16.5 Å². The molecule has 0 bridgehead atoms. The van der Waals surface area contributed by atoms with Gasteiger partial charge in [0.25, 0.3) is 0 Å².